The smallest absolute Gasteiger partial charge is 0.326 e. The molecule has 0 radical (unpaired) electrons. The van der Waals surface area contributed by atoms with E-state index < -0.39 is 12.0 Å². The summed E-state index contributed by atoms with van der Waals surface area (Å²) in [5, 5.41) is 11.6. The first-order chi connectivity index (χ1) is 7.86. The maximum absolute atomic E-state index is 11.7. The molecule has 5 nitrogen and oxygen atoms in total. The summed E-state index contributed by atoms with van der Waals surface area (Å²) in [7, 11) is 1.50. The number of urea groups is 1. The number of amides is 2. The van der Waals surface area contributed by atoms with Gasteiger partial charge in [0, 0.05) is 18.3 Å². The van der Waals surface area contributed by atoms with Gasteiger partial charge >= 0.3 is 12.0 Å². The highest BCUT2D eigenvalue weighted by atomic mass is 32.2. The molecular formula is C11H20N2O3S. The van der Waals surface area contributed by atoms with Gasteiger partial charge in [-0.15, -0.1) is 0 Å². The van der Waals surface area contributed by atoms with Crippen LogP contribution in [0.5, 0.6) is 0 Å². The van der Waals surface area contributed by atoms with Gasteiger partial charge in [-0.2, -0.15) is 11.8 Å². The van der Waals surface area contributed by atoms with Gasteiger partial charge < -0.3 is 15.3 Å². The molecule has 1 aliphatic rings. The van der Waals surface area contributed by atoms with Crippen molar-refractivity contribution in [2.45, 2.75) is 37.5 Å². The first-order valence-electron chi connectivity index (χ1n) is 5.73. The number of hydrogen-bond acceptors (Lipinski definition) is 3. The molecule has 0 aromatic rings. The Balaban J connectivity index is 2.41. The fourth-order valence-corrected chi connectivity index (χ4v) is 2.95. The Bertz CT molecular complexity index is 303. The lowest BCUT2D eigenvalue weighted by Gasteiger charge is -2.26. The highest BCUT2D eigenvalue weighted by Gasteiger charge is 2.31. The van der Waals surface area contributed by atoms with Crippen molar-refractivity contribution in [3.63, 3.8) is 0 Å². The lowest BCUT2D eigenvalue weighted by Crippen LogP contribution is -2.48. The van der Waals surface area contributed by atoms with Crippen LogP contribution in [0.3, 0.4) is 0 Å². The molecule has 2 amide bonds. The van der Waals surface area contributed by atoms with Crippen LogP contribution in [0.1, 0.15) is 26.7 Å². The molecule has 1 saturated heterocycles. The summed E-state index contributed by atoms with van der Waals surface area (Å²) in [6, 6.07) is -1.13. The van der Waals surface area contributed by atoms with Gasteiger partial charge in [-0.25, -0.2) is 9.59 Å². The predicted octanol–water partition coefficient (Wildman–Crippen LogP) is 1.39. The summed E-state index contributed by atoms with van der Waals surface area (Å²) in [5.74, 6) is 0.136. The van der Waals surface area contributed by atoms with E-state index in [9.17, 15) is 9.59 Å². The summed E-state index contributed by atoms with van der Waals surface area (Å²) in [6.07, 6.45) is 2.27. The van der Waals surface area contributed by atoms with Crippen molar-refractivity contribution < 1.29 is 14.7 Å². The SMILES string of the molecule is CC(C(=O)O)N(C)C(=O)NCC1(C)CCCS1. The summed E-state index contributed by atoms with van der Waals surface area (Å²) >= 11 is 1.86. The zero-order valence-electron chi connectivity index (χ0n) is 10.5. The number of likely N-dealkylation sites (N-methyl/N-ethyl adjacent to an activating group) is 1. The summed E-state index contributed by atoms with van der Waals surface area (Å²) < 4.78 is 0.100. The van der Waals surface area contributed by atoms with Crippen molar-refractivity contribution in [3.8, 4) is 0 Å². The molecule has 2 atom stereocenters. The van der Waals surface area contributed by atoms with E-state index in [1.807, 2.05) is 11.8 Å². The number of hydrogen-bond donors (Lipinski definition) is 2. The van der Waals surface area contributed by atoms with Crippen molar-refractivity contribution in [1.29, 1.82) is 0 Å². The second-order valence-electron chi connectivity index (χ2n) is 4.69. The number of carbonyl (C=O) groups is 2. The number of rotatable bonds is 4. The van der Waals surface area contributed by atoms with Crippen LogP contribution in [0.2, 0.25) is 0 Å². The molecule has 6 heteroatoms. The molecule has 1 fully saturated rings. The molecule has 98 valence electrons. The van der Waals surface area contributed by atoms with Gasteiger partial charge in [-0.05, 0) is 32.4 Å². The van der Waals surface area contributed by atoms with E-state index in [-0.39, 0.29) is 10.8 Å². The van der Waals surface area contributed by atoms with Gasteiger partial charge in [0.15, 0.2) is 0 Å². The second-order valence-corrected chi connectivity index (χ2v) is 6.37. The molecule has 0 bridgehead atoms. The zero-order chi connectivity index (χ0) is 13.1. The summed E-state index contributed by atoms with van der Waals surface area (Å²) in [4.78, 5) is 23.7. The van der Waals surface area contributed by atoms with Gasteiger partial charge in [0.25, 0.3) is 0 Å². The third-order valence-corrected chi connectivity index (χ3v) is 4.71. The van der Waals surface area contributed by atoms with E-state index >= 15 is 0 Å². The van der Waals surface area contributed by atoms with Crippen LogP contribution in [-0.2, 0) is 4.79 Å². The van der Waals surface area contributed by atoms with E-state index in [1.165, 1.54) is 25.3 Å². The van der Waals surface area contributed by atoms with Crippen LogP contribution in [-0.4, -0.2) is 52.1 Å². The van der Waals surface area contributed by atoms with E-state index in [2.05, 4.69) is 12.2 Å². The number of carboxylic acid groups (broad SMARTS) is 1. The standard InChI is InChI=1S/C11H20N2O3S/c1-8(9(14)15)13(3)10(16)12-7-11(2)5-4-6-17-11/h8H,4-7H2,1-3H3,(H,12,16)(H,14,15). The Kier molecular flexibility index (Phi) is 4.68. The Morgan fingerprint density at radius 1 is 1.59 bits per heavy atom. The lowest BCUT2D eigenvalue weighted by atomic mass is 10.1. The normalized spacial score (nSPS) is 25.4. The van der Waals surface area contributed by atoms with Gasteiger partial charge in [0.05, 0.1) is 0 Å². The molecule has 0 spiro atoms. The molecule has 1 rings (SSSR count). The zero-order valence-corrected chi connectivity index (χ0v) is 11.3. The summed E-state index contributed by atoms with van der Waals surface area (Å²) in [5.41, 5.74) is 0. The first kappa shape index (κ1) is 14.2. The average Bonchev–Trinajstić information content (AvgIpc) is 2.71. The maximum atomic E-state index is 11.7. The van der Waals surface area contributed by atoms with Gasteiger partial charge in [-0.3, -0.25) is 0 Å². The minimum Gasteiger partial charge on any atom is -0.480 e. The molecule has 0 aliphatic carbocycles. The van der Waals surface area contributed by atoms with Crippen molar-refractivity contribution in [1.82, 2.24) is 10.2 Å². The molecule has 17 heavy (non-hydrogen) atoms. The maximum Gasteiger partial charge on any atom is 0.326 e. The third-order valence-electron chi connectivity index (χ3n) is 3.17. The fraction of sp³-hybridized carbons (Fsp3) is 0.818. The van der Waals surface area contributed by atoms with Crippen LogP contribution in [0.25, 0.3) is 0 Å². The van der Waals surface area contributed by atoms with E-state index in [0.29, 0.717) is 6.54 Å². The van der Waals surface area contributed by atoms with Crippen molar-refractivity contribution in [2.75, 3.05) is 19.3 Å². The highest BCUT2D eigenvalue weighted by Crippen LogP contribution is 2.36. The van der Waals surface area contributed by atoms with E-state index in [1.54, 1.807) is 0 Å². The molecule has 2 unspecified atom stereocenters. The summed E-state index contributed by atoms with van der Waals surface area (Å²) in [6.45, 7) is 4.21. The topological polar surface area (TPSA) is 69.6 Å². The van der Waals surface area contributed by atoms with Crippen molar-refractivity contribution >= 4 is 23.8 Å². The van der Waals surface area contributed by atoms with Gasteiger partial charge in [-0.1, -0.05) is 0 Å². The first-order valence-corrected chi connectivity index (χ1v) is 6.72. The molecule has 0 saturated carbocycles. The molecule has 1 aliphatic heterocycles. The van der Waals surface area contributed by atoms with Crippen molar-refractivity contribution in [3.05, 3.63) is 0 Å². The van der Waals surface area contributed by atoms with E-state index in [4.69, 9.17) is 5.11 Å². The molecule has 1 heterocycles. The Morgan fingerprint density at radius 3 is 2.71 bits per heavy atom. The largest absolute Gasteiger partial charge is 0.480 e. The highest BCUT2D eigenvalue weighted by molar-refractivity contribution is 8.00. The third kappa shape index (κ3) is 3.80. The lowest BCUT2D eigenvalue weighted by molar-refractivity contribution is -0.141. The predicted molar refractivity (Wildman–Crippen MR) is 68.4 cm³/mol. The number of carboxylic acids is 1. The Morgan fingerprint density at radius 2 is 2.24 bits per heavy atom. The Hall–Kier alpha value is -0.910. The minimum atomic E-state index is -0.996. The number of aliphatic carboxylic acids is 1. The van der Waals surface area contributed by atoms with Crippen LogP contribution in [0.4, 0.5) is 4.79 Å². The Labute approximate surface area is 106 Å². The monoisotopic (exact) mass is 260 g/mol. The molecule has 0 aromatic carbocycles. The number of nitrogens with one attached hydrogen (secondary N) is 1. The molecular weight excluding hydrogens is 240 g/mol. The minimum absolute atomic E-state index is 0.100. The van der Waals surface area contributed by atoms with Crippen LogP contribution in [0, 0.1) is 0 Å². The fourth-order valence-electron chi connectivity index (χ4n) is 1.71. The van der Waals surface area contributed by atoms with E-state index in [0.717, 1.165) is 12.2 Å². The molecule has 0 aromatic heterocycles. The van der Waals surface area contributed by atoms with Crippen LogP contribution >= 0.6 is 11.8 Å². The van der Waals surface area contributed by atoms with Gasteiger partial charge in [0.1, 0.15) is 6.04 Å². The van der Waals surface area contributed by atoms with Crippen molar-refractivity contribution in [2.24, 2.45) is 0 Å². The average molecular weight is 260 g/mol. The number of carbonyl (C=O) groups excluding carboxylic acids is 1. The number of nitrogens with zero attached hydrogens (tertiary/aromatic N) is 1. The quantitative estimate of drug-likeness (QED) is 0.801. The van der Waals surface area contributed by atoms with Crippen LogP contribution in [0.15, 0.2) is 0 Å². The molecule has 2 N–H and O–H groups in total. The number of thioether (sulfide) groups is 1. The van der Waals surface area contributed by atoms with Gasteiger partial charge in [0.2, 0.25) is 0 Å². The second kappa shape index (κ2) is 5.62. The van der Waals surface area contributed by atoms with Crippen LogP contribution < -0.4 is 5.32 Å².